The van der Waals surface area contributed by atoms with Gasteiger partial charge in [-0.05, 0) is 53.7 Å². The third kappa shape index (κ3) is 3.93. The minimum absolute atomic E-state index is 0.198. The van der Waals surface area contributed by atoms with E-state index in [2.05, 4.69) is 40.2 Å². The second kappa shape index (κ2) is 7.93. The van der Waals surface area contributed by atoms with Crippen molar-refractivity contribution in [1.82, 2.24) is 10.6 Å². The maximum atomic E-state index is 13.2. The quantitative estimate of drug-likeness (QED) is 0.568. The molecule has 1 aliphatic heterocycles. The first-order chi connectivity index (χ1) is 14.0. The minimum atomic E-state index is -0.348. The third-order valence-corrected chi connectivity index (χ3v) is 5.17. The molecule has 0 fully saturated rings. The Kier molecular flexibility index (Phi) is 5.18. The number of amides is 1. The highest BCUT2D eigenvalue weighted by molar-refractivity contribution is 7.80. The SMILES string of the molecule is COc1cccc(NC(=O)C2=C(C)NC(=S)N[C@H]2c2ccc3ccccc3c2)c1. The van der Waals surface area contributed by atoms with E-state index in [9.17, 15) is 4.79 Å². The summed E-state index contributed by atoms with van der Waals surface area (Å²) in [4.78, 5) is 13.2. The molecule has 3 N–H and O–H groups in total. The van der Waals surface area contributed by atoms with Crippen molar-refractivity contribution < 1.29 is 9.53 Å². The number of carbonyl (C=O) groups is 1. The molecule has 0 saturated carbocycles. The highest BCUT2D eigenvalue weighted by Crippen LogP contribution is 2.30. The molecule has 0 aliphatic carbocycles. The molecule has 0 unspecified atom stereocenters. The van der Waals surface area contributed by atoms with Gasteiger partial charge >= 0.3 is 0 Å². The minimum Gasteiger partial charge on any atom is -0.497 e. The molecule has 0 bridgehead atoms. The first-order valence-corrected chi connectivity index (χ1v) is 9.68. The van der Waals surface area contributed by atoms with E-state index in [0.717, 1.165) is 22.0 Å². The number of anilines is 1. The number of thiocarbonyl (C=S) groups is 1. The molecule has 0 aromatic heterocycles. The van der Waals surface area contributed by atoms with E-state index < -0.39 is 0 Å². The van der Waals surface area contributed by atoms with Crippen molar-refractivity contribution in [2.45, 2.75) is 13.0 Å². The zero-order valence-electron chi connectivity index (χ0n) is 16.2. The zero-order chi connectivity index (χ0) is 20.4. The van der Waals surface area contributed by atoms with Crippen LogP contribution in [0.15, 0.2) is 78.0 Å². The molecule has 1 aliphatic rings. The lowest BCUT2D eigenvalue weighted by molar-refractivity contribution is -0.113. The molecular weight excluding hydrogens is 382 g/mol. The standard InChI is InChI=1S/C23H21N3O2S/c1-14-20(22(27)25-18-8-5-9-19(13-18)28-2)21(26-23(29)24-14)17-11-10-15-6-3-4-7-16(15)12-17/h3-13,21H,1-2H3,(H,25,27)(H2,24,26,29)/t21-/m0/s1. The number of nitrogens with one attached hydrogen (secondary N) is 3. The van der Waals surface area contributed by atoms with Gasteiger partial charge in [-0.3, -0.25) is 4.79 Å². The van der Waals surface area contributed by atoms with Crippen LogP contribution in [0.25, 0.3) is 10.8 Å². The van der Waals surface area contributed by atoms with E-state index in [1.165, 1.54) is 0 Å². The summed E-state index contributed by atoms with van der Waals surface area (Å²) in [7, 11) is 1.60. The lowest BCUT2D eigenvalue weighted by atomic mass is 9.93. The van der Waals surface area contributed by atoms with Crippen molar-refractivity contribution in [2.24, 2.45) is 0 Å². The average Bonchev–Trinajstić information content (AvgIpc) is 2.72. The topological polar surface area (TPSA) is 62.4 Å². The van der Waals surface area contributed by atoms with Crippen molar-refractivity contribution in [1.29, 1.82) is 0 Å². The predicted octanol–water partition coefficient (Wildman–Crippen LogP) is 4.28. The van der Waals surface area contributed by atoms with E-state index in [-0.39, 0.29) is 11.9 Å². The summed E-state index contributed by atoms with van der Waals surface area (Å²) in [5, 5.41) is 12.0. The van der Waals surface area contributed by atoms with Crippen LogP contribution >= 0.6 is 12.2 Å². The molecule has 5 nitrogen and oxygen atoms in total. The zero-order valence-corrected chi connectivity index (χ0v) is 17.0. The number of carbonyl (C=O) groups excluding carboxylic acids is 1. The Morgan fingerprint density at radius 1 is 1.03 bits per heavy atom. The van der Waals surface area contributed by atoms with Crippen molar-refractivity contribution in [3.8, 4) is 5.75 Å². The highest BCUT2D eigenvalue weighted by atomic mass is 32.1. The van der Waals surface area contributed by atoms with Gasteiger partial charge in [0.05, 0.1) is 18.7 Å². The molecule has 6 heteroatoms. The number of hydrogen-bond donors (Lipinski definition) is 3. The molecule has 1 amide bonds. The Balaban J connectivity index is 1.70. The van der Waals surface area contributed by atoms with Crippen LogP contribution in [0.4, 0.5) is 5.69 Å². The Morgan fingerprint density at radius 3 is 2.62 bits per heavy atom. The Labute approximate surface area is 174 Å². The molecule has 1 heterocycles. The molecule has 29 heavy (non-hydrogen) atoms. The maximum absolute atomic E-state index is 13.2. The Hall–Kier alpha value is -3.38. The van der Waals surface area contributed by atoms with E-state index in [0.29, 0.717) is 22.1 Å². The van der Waals surface area contributed by atoms with Gasteiger partial charge in [0.15, 0.2) is 5.11 Å². The number of benzene rings is 3. The molecule has 4 rings (SSSR count). The van der Waals surface area contributed by atoms with Crippen molar-refractivity contribution >= 4 is 39.7 Å². The molecule has 1 atom stereocenters. The van der Waals surface area contributed by atoms with Crippen LogP contribution in [-0.4, -0.2) is 18.1 Å². The van der Waals surface area contributed by atoms with Gasteiger partial charge in [0.2, 0.25) is 0 Å². The normalized spacial score (nSPS) is 16.2. The molecule has 0 spiro atoms. The lowest BCUT2D eigenvalue weighted by Crippen LogP contribution is -2.45. The van der Waals surface area contributed by atoms with Crippen LogP contribution in [-0.2, 0) is 4.79 Å². The number of fused-ring (bicyclic) bond motifs is 1. The summed E-state index contributed by atoms with van der Waals surface area (Å²) in [6.45, 7) is 1.86. The van der Waals surface area contributed by atoms with E-state index in [4.69, 9.17) is 17.0 Å². The lowest BCUT2D eigenvalue weighted by Gasteiger charge is -2.30. The average molecular weight is 404 g/mol. The summed E-state index contributed by atoms with van der Waals surface area (Å²) in [6.07, 6.45) is 0. The van der Waals surface area contributed by atoms with Gasteiger partial charge < -0.3 is 20.7 Å². The van der Waals surface area contributed by atoms with Gasteiger partial charge in [-0.2, -0.15) is 0 Å². The molecular formula is C23H21N3O2S. The third-order valence-electron chi connectivity index (χ3n) is 4.95. The van der Waals surface area contributed by atoms with E-state index >= 15 is 0 Å². The molecule has 0 radical (unpaired) electrons. The molecule has 3 aromatic rings. The monoisotopic (exact) mass is 403 g/mol. The molecule has 3 aromatic carbocycles. The predicted molar refractivity (Wildman–Crippen MR) is 120 cm³/mol. The Morgan fingerprint density at radius 2 is 1.83 bits per heavy atom. The van der Waals surface area contributed by atoms with Crippen LogP contribution in [0.3, 0.4) is 0 Å². The highest BCUT2D eigenvalue weighted by Gasteiger charge is 2.30. The summed E-state index contributed by atoms with van der Waals surface area (Å²) >= 11 is 5.35. The van der Waals surface area contributed by atoms with Crippen molar-refractivity contribution in [3.05, 3.63) is 83.6 Å². The van der Waals surface area contributed by atoms with Gasteiger partial charge in [-0.15, -0.1) is 0 Å². The fraction of sp³-hybridized carbons (Fsp3) is 0.130. The fourth-order valence-corrected chi connectivity index (χ4v) is 3.80. The van der Waals surface area contributed by atoms with Gasteiger partial charge in [0, 0.05) is 17.5 Å². The number of allylic oxidation sites excluding steroid dienone is 1. The first kappa shape index (κ1) is 19.0. The van der Waals surface area contributed by atoms with E-state index in [1.807, 2.05) is 43.3 Å². The number of methoxy groups -OCH3 is 1. The van der Waals surface area contributed by atoms with Crippen LogP contribution in [0.1, 0.15) is 18.5 Å². The Bertz CT molecular complexity index is 1140. The number of ether oxygens (including phenoxy) is 1. The van der Waals surface area contributed by atoms with Gasteiger partial charge in [-0.1, -0.05) is 42.5 Å². The van der Waals surface area contributed by atoms with Crippen LogP contribution in [0.2, 0.25) is 0 Å². The first-order valence-electron chi connectivity index (χ1n) is 9.27. The largest absolute Gasteiger partial charge is 0.497 e. The van der Waals surface area contributed by atoms with Crippen molar-refractivity contribution in [3.63, 3.8) is 0 Å². The maximum Gasteiger partial charge on any atom is 0.255 e. The van der Waals surface area contributed by atoms with Gasteiger partial charge in [-0.25, -0.2) is 0 Å². The summed E-state index contributed by atoms with van der Waals surface area (Å²) in [6, 6.07) is 21.3. The summed E-state index contributed by atoms with van der Waals surface area (Å²) in [5.41, 5.74) is 2.96. The second-order valence-corrected chi connectivity index (χ2v) is 7.27. The van der Waals surface area contributed by atoms with Crippen LogP contribution in [0, 0.1) is 0 Å². The summed E-state index contributed by atoms with van der Waals surface area (Å²) in [5.74, 6) is 0.483. The fourth-order valence-electron chi connectivity index (χ4n) is 3.53. The van der Waals surface area contributed by atoms with Gasteiger partial charge in [0.1, 0.15) is 5.75 Å². The summed E-state index contributed by atoms with van der Waals surface area (Å²) < 4.78 is 5.24. The molecule has 0 saturated heterocycles. The van der Waals surface area contributed by atoms with E-state index in [1.54, 1.807) is 13.2 Å². The number of hydrogen-bond acceptors (Lipinski definition) is 3. The second-order valence-electron chi connectivity index (χ2n) is 6.86. The van der Waals surface area contributed by atoms with Crippen molar-refractivity contribution in [2.75, 3.05) is 12.4 Å². The van der Waals surface area contributed by atoms with Crippen LogP contribution in [0.5, 0.6) is 5.75 Å². The number of rotatable bonds is 4. The molecule has 146 valence electrons. The van der Waals surface area contributed by atoms with Crippen LogP contribution < -0.4 is 20.7 Å². The van der Waals surface area contributed by atoms with Gasteiger partial charge in [0.25, 0.3) is 5.91 Å². The smallest absolute Gasteiger partial charge is 0.255 e.